The van der Waals surface area contributed by atoms with Crippen LogP contribution in [0.3, 0.4) is 0 Å². The zero-order chi connectivity index (χ0) is 20.8. The molecule has 4 heterocycles. The monoisotopic (exact) mass is 400 g/mol. The summed E-state index contributed by atoms with van der Waals surface area (Å²) in [6.45, 7) is 9.35. The molecule has 2 aliphatic rings. The average Bonchev–Trinajstić information content (AvgIpc) is 3.30. The van der Waals surface area contributed by atoms with Crippen molar-refractivity contribution >= 4 is 11.8 Å². The van der Waals surface area contributed by atoms with E-state index in [9.17, 15) is 9.59 Å². The van der Waals surface area contributed by atoms with E-state index in [2.05, 4.69) is 10.3 Å². The van der Waals surface area contributed by atoms with Gasteiger partial charge in [-0.3, -0.25) is 9.59 Å². The van der Waals surface area contributed by atoms with Gasteiger partial charge in [0.1, 0.15) is 11.5 Å². The molecule has 29 heavy (non-hydrogen) atoms. The number of carbonyl (C=O) groups excluding carboxylic acids is 2. The molecule has 0 atom stereocenters. The number of hydrogen-bond donors (Lipinski definition) is 0. The van der Waals surface area contributed by atoms with Crippen molar-refractivity contribution in [3.05, 3.63) is 34.0 Å². The van der Waals surface area contributed by atoms with Crippen LogP contribution in [0.1, 0.15) is 59.7 Å². The van der Waals surface area contributed by atoms with E-state index in [4.69, 9.17) is 9.05 Å². The first-order valence-corrected chi connectivity index (χ1v) is 10.2. The minimum absolute atomic E-state index is 0.0934. The Morgan fingerprint density at radius 2 is 1.55 bits per heavy atom. The normalized spacial score (nSPS) is 18.8. The highest BCUT2D eigenvalue weighted by Gasteiger charge is 2.47. The van der Waals surface area contributed by atoms with Crippen LogP contribution in [0.5, 0.6) is 0 Å². The third-order valence-corrected chi connectivity index (χ3v) is 6.73. The van der Waals surface area contributed by atoms with Crippen LogP contribution in [0.2, 0.25) is 0 Å². The Hall–Kier alpha value is -2.64. The molecule has 2 aliphatic heterocycles. The summed E-state index contributed by atoms with van der Waals surface area (Å²) in [6, 6.07) is 0. The highest BCUT2D eigenvalue weighted by molar-refractivity contribution is 5.81. The summed E-state index contributed by atoms with van der Waals surface area (Å²) in [5.41, 5.74) is 3.32. The van der Waals surface area contributed by atoms with Crippen LogP contribution in [-0.4, -0.2) is 50.6 Å². The lowest BCUT2D eigenvalue weighted by atomic mass is 9.84. The summed E-state index contributed by atoms with van der Waals surface area (Å²) in [5, 5.41) is 7.96. The summed E-state index contributed by atoms with van der Waals surface area (Å²) in [4.78, 5) is 29.4. The fraction of sp³-hybridized carbons (Fsp3) is 0.619. The molecular weight excluding hydrogens is 372 g/mol. The minimum Gasteiger partial charge on any atom is -0.361 e. The SMILES string of the molecule is Cc1noc(C)c1CC(=O)N1CCC2(CCC(=O)N2Cc2c(C)noc2C)CC1. The lowest BCUT2D eigenvalue weighted by Gasteiger charge is -2.45. The van der Waals surface area contributed by atoms with Crippen LogP contribution >= 0.6 is 0 Å². The first-order valence-electron chi connectivity index (χ1n) is 10.2. The number of aryl methyl sites for hydroxylation is 4. The van der Waals surface area contributed by atoms with Gasteiger partial charge in [-0.05, 0) is 47.0 Å². The van der Waals surface area contributed by atoms with Gasteiger partial charge in [0.2, 0.25) is 11.8 Å². The molecule has 2 amide bonds. The minimum atomic E-state index is -0.174. The fourth-order valence-electron chi connectivity index (χ4n) is 4.73. The molecule has 2 fully saturated rings. The largest absolute Gasteiger partial charge is 0.361 e. The second kappa shape index (κ2) is 7.31. The molecule has 0 N–H and O–H groups in total. The number of rotatable bonds is 4. The molecule has 2 aromatic rings. The van der Waals surface area contributed by atoms with Crippen LogP contribution in [0.4, 0.5) is 0 Å². The second-order valence-electron chi connectivity index (χ2n) is 8.37. The number of carbonyl (C=O) groups is 2. The third-order valence-electron chi connectivity index (χ3n) is 6.73. The molecule has 2 aromatic heterocycles. The molecule has 8 heteroatoms. The Morgan fingerprint density at radius 3 is 2.10 bits per heavy atom. The lowest BCUT2D eigenvalue weighted by molar-refractivity contribution is -0.136. The van der Waals surface area contributed by atoms with Gasteiger partial charge in [0.15, 0.2) is 0 Å². The summed E-state index contributed by atoms with van der Waals surface area (Å²) in [7, 11) is 0. The number of likely N-dealkylation sites (tertiary alicyclic amines) is 2. The third kappa shape index (κ3) is 3.45. The quantitative estimate of drug-likeness (QED) is 0.783. The van der Waals surface area contributed by atoms with Crippen LogP contribution in [0, 0.1) is 27.7 Å². The number of aromatic nitrogens is 2. The molecule has 2 saturated heterocycles. The molecule has 0 unspecified atom stereocenters. The molecule has 156 valence electrons. The Balaban J connectivity index is 1.44. The number of hydrogen-bond acceptors (Lipinski definition) is 6. The fourth-order valence-corrected chi connectivity index (χ4v) is 4.73. The van der Waals surface area contributed by atoms with Gasteiger partial charge in [0.25, 0.3) is 0 Å². The summed E-state index contributed by atoms with van der Waals surface area (Å²) < 4.78 is 10.5. The maximum Gasteiger partial charge on any atom is 0.227 e. The van der Waals surface area contributed by atoms with E-state index < -0.39 is 0 Å². The van der Waals surface area contributed by atoms with Crippen molar-refractivity contribution in [3.8, 4) is 0 Å². The van der Waals surface area contributed by atoms with E-state index in [1.165, 1.54) is 0 Å². The van der Waals surface area contributed by atoms with E-state index in [1.54, 1.807) is 0 Å². The maximum absolute atomic E-state index is 12.8. The summed E-state index contributed by atoms with van der Waals surface area (Å²) >= 11 is 0. The predicted octanol–water partition coefficient (Wildman–Crippen LogP) is 2.62. The Kier molecular flexibility index (Phi) is 4.96. The summed E-state index contributed by atoms with van der Waals surface area (Å²) in [6.07, 6.45) is 3.33. The van der Waals surface area contributed by atoms with Gasteiger partial charge in [-0.15, -0.1) is 0 Å². The van der Waals surface area contributed by atoms with Gasteiger partial charge in [0.05, 0.1) is 24.4 Å². The van der Waals surface area contributed by atoms with Crippen LogP contribution in [0.15, 0.2) is 9.05 Å². The molecule has 8 nitrogen and oxygen atoms in total. The van der Waals surface area contributed by atoms with Crippen LogP contribution in [-0.2, 0) is 22.6 Å². The van der Waals surface area contributed by atoms with E-state index in [1.807, 2.05) is 37.5 Å². The van der Waals surface area contributed by atoms with Crippen molar-refractivity contribution in [2.75, 3.05) is 13.1 Å². The number of nitrogens with zero attached hydrogens (tertiary/aromatic N) is 4. The standard InChI is InChI=1S/C21H28N4O4/c1-13-17(15(3)28-22-13)11-20(27)24-9-7-21(8-10-24)6-5-19(26)25(21)12-18-14(2)23-29-16(18)4/h5-12H2,1-4H3. The van der Waals surface area contributed by atoms with Crippen LogP contribution < -0.4 is 0 Å². The van der Waals surface area contributed by atoms with Crippen molar-refractivity contribution < 1.29 is 18.6 Å². The Bertz CT molecular complexity index is 898. The van der Waals surface area contributed by atoms with Crippen molar-refractivity contribution in [1.82, 2.24) is 20.1 Å². The van der Waals surface area contributed by atoms with Gasteiger partial charge in [-0.2, -0.15) is 0 Å². The zero-order valence-electron chi connectivity index (χ0n) is 17.6. The van der Waals surface area contributed by atoms with E-state index in [-0.39, 0.29) is 17.4 Å². The van der Waals surface area contributed by atoms with Crippen molar-refractivity contribution in [1.29, 1.82) is 0 Å². The first-order chi connectivity index (χ1) is 13.8. The molecule has 4 rings (SSSR count). The molecule has 0 saturated carbocycles. The van der Waals surface area contributed by atoms with Gasteiger partial charge >= 0.3 is 0 Å². The first kappa shape index (κ1) is 19.7. The van der Waals surface area contributed by atoms with Crippen LogP contribution in [0.25, 0.3) is 0 Å². The smallest absolute Gasteiger partial charge is 0.227 e. The van der Waals surface area contributed by atoms with Gasteiger partial charge in [0, 0.05) is 36.2 Å². The number of amides is 2. The van der Waals surface area contributed by atoms with E-state index >= 15 is 0 Å². The second-order valence-corrected chi connectivity index (χ2v) is 8.37. The topological polar surface area (TPSA) is 92.7 Å². The molecule has 0 aliphatic carbocycles. The lowest BCUT2D eigenvalue weighted by Crippen LogP contribution is -2.54. The van der Waals surface area contributed by atoms with Gasteiger partial charge in [-0.25, -0.2) is 0 Å². The number of piperidine rings is 1. The van der Waals surface area contributed by atoms with Gasteiger partial charge in [-0.1, -0.05) is 10.3 Å². The molecule has 1 spiro atoms. The van der Waals surface area contributed by atoms with Crippen molar-refractivity contribution in [2.24, 2.45) is 0 Å². The van der Waals surface area contributed by atoms with Crippen molar-refractivity contribution in [2.45, 2.75) is 71.9 Å². The van der Waals surface area contributed by atoms with Crippen molar-refractivity contribution in [3.63, 3.8) is 0 Å². The Labute approximate surface area is 170 Å². The van der Waals surface area contributed by atoms with E-state index in [0.717, 1.165) is 47.5 Å². The average molecular weight is 400 g/mol. The van der Waals surface area contributed by atoms with Gasteiger partial charge < -0.3 is 18.8 Å². The summed E-state index contributed by atoms with van der Waals surface area (Å²) in [5.74, 6) is 1.75. The Morgan fingerprint density at radius 1 is 0.966 bits per heavy atom. The molecule has 0 aromatic carbocycles. The highest BCUT2D eigenvalue weighted by atomic mass is 16.5. The maximum atomic E-state index is 12.8. The highest BCUT2D eigenvalue weighted by Crippen LogP contribution is 2.40. The molecule has 0 radical (unpaired) electrons. The predicted molar refractivity (Wildman–Crippen MR) is 104 cm³/mol. The van der Waals surface area contributed by atoms with E-state index in [0.29, 0.717) is 38.2 Å². The molecular formula is C21H28N4O4. The zero-order valence-corrected chi connectivity index (χ0v) is 17.6. The molecule has 0 bridgehead atoms.